The molecule has 8 nitrogen and oxygen atoms in total. The number of ether oxygens (including phenoxy) is 2. The number of pyridine rings is 1. The summed E-state index contributed by atoms with van der Waals surface area (Å²) in [6, 6.07) is 7.87. The predicted molar refractivity (Wildman–Crippen MR) is 114 cm³/mol. The van der Waals surface area contributed by atoms with Gasteiger partial charge < -0.3 is 14.4 Å². The second-order valence-corrected chi connectivity index (χ2v) is 9.01. The molecule has 2 aromatic rings. The van der Waals surface area contributed by atoms with E-state index in [0.717, 1.165) is 0 Å². The molecular weight excluding hydrogens is 430 g/mol. The Labute approximate surface area is 181 Å². The summed E-state index contributed by atoms with van der Waals surface area (Å²) in [5, 5.41) is 0.251. The molecule has 0 spiro atoms. The van der Waals surface area contributed by atoms with Gasteiger partial charge in [0.15, 0.2) is 0 Å². The molecule has 10 heteroatoms. The van der Waals surface area contributed by atoms with E-state index in [1.54, 1.807) is 25.1 Å². The number of rotatable bonds is 6. The molecule has 0 N–H and O–H groups in total. The molecule has 1 aromatic heterocycles. The Balaban J connectivity index is 1.71. The van der Waals surface area contributed by atoms with Gasteiger partial charge in [-0.2, -0.15) is 4.31 Å². The van der Waals surface area contributed by atoms with Crippen molar-refractivity contribution in [1.29, 1.82) is 0 Å². The monoisotopic (exact) mass is 453 g/mol. The second kappa shape index (κ2) is 9.63. The lowest BCUT2D eigenvalue weighted by Crippen LogP contribution is -2.35. The van der Waals surface area contributed by atoms with E-state index in [0.29, 0.717) is 56.3 Å². The van der Waals surface area contributed by atoms with Gasteiger partial charge in [0.2, 0.25) is 10.0 Å². The highest BCUT2D eigenvalue weighted by molar-refractivity contribution is 7.89. The Morgan fingerprint density at radius 2 is 1.97 bits per heavy atom. The molecule has 1 aromatic carbocycles. The van der Waals surface area contributed by atoms with Crippen molar-refractivity contribution >= 4 is 33.4 Å². The van der Waals surface area contributed by atoms with Gasteiger partial charge in [0.25, 0.3) is 0 Å². The molecule has 0 unspecified atom stereocenters. The Hall–Kier alpha value is -2.36. The number of aromatic nitrogens is 1. The van der Waals surface area contributed by atoms with E-state index in [1.165, 1.54) is 29.7 Å². The fraction of sp³-hybridized carbons (Fsp3) is 0.400. The average molecular weight is 454 g/mol. The van der Waals surface area contributed by atoms with Crippen LogP contribution in [0.25, 0.3) is 0 Å². The van der Waals surface area contributed by atoms with Gasteiger partial charge in [-0.1, -0.05) is 11.6 Å². The molecule has 2 heterocycles. The zero-order valence-corrected chi connectivity index (χ0v) is 18.4. The van der Waals surface area contributed by atoms with Crippen molar-refractivity contribution in [2.45, 2.75) is 18.2 Å². The van der Waals surface area contributed by atoms with Crippen molar-refractivity contribution in [3.8, 4) is 5.75 Å². The van der Waals surface area contributed by atoms with Crippen LogP contribution in [0, 0.1) is 0 Å². The first kappa shape index (κ1) is 22.3. The van der Waals surface area contributed by atoms with Gasteiger partial charge >= 0.3 is 5.97 Å². The van der Waals surface area contributed by atoms with Crippen LogP contribution in [-0.4, -0.2) is 63.6 Å². The molecule has 0 atom stereocenters. The van der Waals surface area contributed by atoms with Crippen molar-refractivity contribution in [3.05, 3.63) is 47.1 Å². The fourth-order valence-electron chi connectivity index (χ4n) is 3.23. The van der Waals surface area contributed by atoms with Crippen LogP contribution in [-0.2, 0) is 14.8 Å². The molecule has 162 valence electrons. The van der Waals surface area contributed by atoms with E-state index in [2.05, 4.69) is 4.98 Å². The van der Waals surface area contributed by atoms with Gasteiger partial charge in [0, 0.05) is 32.4 Å². The summed E-state index contributed by atoms with van der Waals surface area (Å²) < 4.78 is 37.6. The van der Waals surface area contributed by atoms with Gasteiger partial charge in [-0.15, -0.1) is 0 Å². The zero-order chi connectivity index (χ0) is 21.7. The molecule has 1 aliphatic rings. The Morgan fingerprint density at radius 1 is 1.17 bits per heavy atom. The molecule has 30 heavy (non-hydrogen) atoms. The Bertz CT molecular complexity index is 998. The number of carbonyl (C=O) groups is 1. The van der Waals surface area contributed by atoms with Crippen LogP contribution in [0.3, 0.4) is 0 Å². The Kier molecular flexibility index (Phi) is 7.17. The van der Waals surface area contributed by atoms with Crippen molar-refractivity contribution in [2.75, 3.05) is 44.8 Å². The number of esters is 1. The summed E-state index contributed by atoms with van der Waals surface area (Å²) in [5.74, 6) is 0.702. The van der Waals surface area contributed by atoms with E-state index < -0.39 is 16.0 Å². The summed E-state index contributed by atoms with van der Waals surface area (Å²) in [4.78, 5) is 18.3. The first-order valence-electron chi connectivity index (χ1n) is 9.58. The van der Waals surface area contributed by atoms with Crippen LogP contribution < -0.4 is 9.64 Å². The molecule has 0 saturated carbocycles. The van der Waals surface area contributed by atoms with Gasteiger partial charge in [0.05, 0.1) is 29.2 Å². The SMILES string of the molecule is CCOC(=O)c1ccc(N2CCCN(S(=O)(=O)c3ccc(OC)c(Cl)c3)CC2)nc1. The number of benzene rings is 1. The first-order valence-corrected chi connectivity index (χ1v) is 11.4. The topological polar surface area (TPSA) is 89.0 Å². The molecule has 0 bridgehead atoms. The number of carbonyl (C=O) groups excluding carboxylic acids is 1. The summed E-state index contributed by atoms with van der Waals surface area (Å²) in [5.41, 5.74) is 0.385. The summed E-state index contributed by atoms with van der Waals surface area (Å²) in [6.45, 7) is 3.89. The van der Waals surface area contributed by atoms with E-state index in [-0.39, 0.29) is 9.92 Å². The summed E-state index contributed by atoms with van der Waals surface area (Å²) in [6.07, 6.45) is 2.12. The number of anilines is 1. The smallest absolute Gasteiger partial charge is 0.339 e. The third-order valence-corrected chi connectivity index (χ3v) is 6.99. The van der Waals surface area contributed by atoms with Crippen LogP contribution in [0.4, 0.5) is 5.82 Å². The van der Waals surface area contributed by atoms with Crippen molar-refractivity contribution < 1.29 is 22.7 Å². The summed E-state index contributed by atoms with van der Waals surface area (Å²) >= 11 is 6.11. The highest BCUT2D eigenvalue weighted by atomic mass is 35.5. The van der Waals surface area contributed by atoms with Crippen molar-refractivity contribution in [1.82, 2.24) is 9.29 Å². The maximum Gasteiger partial charge on any atom is 0.339 e. The van der Waals surface area contributed by atoms with E-state index in [9.17, 15) is 13.2 Å². The number of sulfonamides is 1. The second-order valence-electron chi connectivity index (χ2n) is 6.67. The zero-order valence-electron chi connectivity index (χ0n) is 16.9. The number of nitrogens with zero attached hydrogens (tertiary/aromatic N) is 3. The van der Waals surface area contributed by atoms with Crippen LogP contribution in [0.2, 0.25) is 5.02 Å². The van der Waals surface area contributed by atoms with E-state index in [1.807, 2.05) is 4.90 Å². The standard InChI is InChI=1S/C20H24ClN3O5S/c1-3-29-20(25)15-5-8-19(22-14-15)23-9-4-10-24(12-11-23)30(26,27)16-6-7-18(28-2)17(21)13-16/h5-8,13-14H,3-4,9-12H2,1-2H3. The molecule has 0 aliphatic carbocycles. The fourth-order valence-corrected chi connectivity index (χ4v) is 5.05. The molecule has 1 saturated heterocycles. The predicted octanol–water partition coefficient (Wildman–Crippen LogP) is 2.82. The lowest BCUT2D eigenvalue weighted by Gasteiger charge is -2.23. The lowest BCUT2D eigenvalue weighted by atomic mass is 10.2. The van der Waals surface area contributed by atoms with Crippen molar-refractivity contribution in [2.24, 2.45) is 0 Å². The molecule has 1 aliphatic heterocycles. The van der Waals surface area contributed by atoms with Crippen LogP contribution in [0.1, 0.15) is 23.7 Å². The minimum Gasteiger partial charge on any atom is -0.495 e. The Morgan fingerprint density at radius 3 is 2.60 bits per heavy atom. The number of hydrogen-bond donors (Lipinski definition) is 0. The highest BCUT2D eigenvalue weighted by Gasteiger charge is 2.28. The molecule has 0 radical (unpaired) electrons. The van der Waals surface area contributed by atoms with Crippen LogP contribution in [0.5, 0.6) is 5.75 Å². The molecule has 3 rings (SSSR count). The number of hydrogen-bond acceptors (Lipinski definition) is 7. The molecule has 1 fully saturated rings. The first-order chi connectivity index (χ1) is 14.4. The van der Waals surface area contributed by atoms with Gasteiger partial charge in [-0.25, -0.2) is 18.2 Å². The number of halogens is 1. The largest absolute Gasteiger partial charge is 0.495 e. The minimum atomic E-state index is -3.68. The molecule has 0 amide bonds. The van der Waals surface area contributed by atoms with Gasteiger partial charge in [-0.3, -0.25) is 0 Å². The highest BCUT2D eigenvalue weighted by Crippen LogP contribution is 2.29. The normalized spacial score (nSPS) is 15.5. The molecular formula is C20H24ClN3O5S. The maximum atomic E-state index is 13.1. The average Bonchev–Trinajstić information content (AvgIpc) is 3.01. The third-order valence-electron chi connectivity index (χ3n) is 4.80. The summed E-state index contributed by atoms with van der Waals surface area (Å²) in [7, 11) is -2.20. The van der Waals surface area contributed by atoms with E-state index in [4.69, 9.17) is 21.1 Å². The van der Waals surface area contributed by atoms with E-state index >= 15 is 0 Å². The quantitative estimate of drug-likeness (QED) is 0.621. The minimum absolute atomic E-state index is 0.138. The van der Waals surface area contributed by atoms with Gasteiger partial charge in [-0.05, 0) is 43.7 Å². The maximum absolute atomic E-state index is 13.1. The third kappa shape index (κ3) is 4.85. The van der Waals surface area contributed by atoms with Crippen LogP contribution >= 0.6 is 11.6 Å². The van der Waals surface area contributed by atoms with Gasteiger partial charge in [0.1, 0.15) is 11.6 Å². The van der Waals surface area contributed by atoms with Crippen molar-refractivity contribution in [3.63, 3.8) is 0 Å². The number of methoxy groups -OCH3 is 1. The van der Waals surface area contributed by atoms with Crippen LogP contribution in [0.15, 0.2) is 41.4 Å². The lowest BCUT2D eigenvalue weighted by molar-refractivity contribution is 0.0526.